The summed E-state index contributed by atoms with van der Waals surface area (Å²) in [6.45, 7) is 1.95. The van der Waals surface area contributed by atoms with Gasteiger partial charge in [0.05, 0.1) is 7.11 Å². The van der Waals surface area contributed by atoms with Gasteiger partial charge in [-0.05, 0) is 43.3 Å². The molecule has 5 nitrogen and oxygen atoms in total. The van der Waals surface area contributed by atoms with Gasteiger partial charge in [-0.25, -0.2) is 0 Å². The Morgan fingerprint density at radius 2 is 1.46 bits per heavy atom. The Bertz CT molecular complexity index is 936. The zero-order chi connectivity index (χ0) is 19.9. The van der Waals surface area contributed by atoms with Crippen LogP contribution in [0.15, 0.2) is 78.9 Å². The summed E-state index contributed by atoms with van der Waals surface area (Å²) in [6, 6.07) is 23.2. The third-order valence-corrected chi connectivity index (χ3v) is 4.31. The molecular formula is C23H22N2O3. The van der Waals surface area contributed by atoms with Crippen LogP contribution in [0.25, 0.3) is 0 Å². The van der Waals surface area contributed by atoms with E-state index in [1.807, 2.05) is 25.1 Å². The number of ether oxygens (including phenoxy) is 1. The summed E-state index contributed by atoms with van der Waals surface area (Å²) in [7, 11) is 1.59. The fourth-order valence-corrected chi connectivity index (χ4v) is 2.71. The number of hydrogen-bond acceptors (Lipinski definition) is 4. The maximum atomic E-state index is 13.0. The van der Waals surface area contributed by atoms with E-state index in [2.05, 4.69) is 10.6 Å². The smallest absolute Gasteiger partial charge is 0.253 e. The van der Waals surface area contributed by atoms with Crippen LogP contribution in [0, 0.1) is 6.92 Å². The second-order valence-corrected chi connectivity index (χ2v) is 6.38. The number of hydrogen-bond donors (Lipinski definition) is 2. The molecule has 0 heterocycles. The molecule has 0 bridgehead atoms. The fourth-order valence-electron chi connectivity index (χ4n) is 2.71. The molecule has 0 aromatic heterocycles. The number of aryl methyl sites for hydroxylation is 1. The summed E-state index contributed by atoms with van der Waals surface area (Å²) >= 11 is 0. The van der Waals surface area contributed by atoms with Crippen LogP contribution < -0.4 is 15.4 Å². The second-order valence-electron chi connectivity index (χ2n) is 6.38. The maximum absolute atomic E-state index is 13.0. The van der Waals surface area contributed by atoms with E-state index in [1.54, 1.807) is 67.8 Å². The summed E-state index contributed by atoms with van der Waals surface area (Å²) < 4.78 is 5.16. The largest absolute Gasteiger partial charge is 0.497 e. The molecule has 0 radical (unpaired) electrons. The number of amides is 1. The number of nitrogens with one attached hydrogen (secondary N) is 2. The molecule has 3 rings (SSSR count). The van der Waals surface area contributed by atoms with Crippen molar-refractivity contribution in [3.05, 3.63) is 95.6 Å². The highest BCUT2D eigenvalue weighted by atomic mass is 16.5. The highest BCUT2D eigenvalue weighted by Crippen LogP contribution is 2.17. The normalized spacial score (nSPS) is 11.4. The number of carbonyl (C=O) groups excluding carboxylic acids is 2. The van der Waals surface area contributed by atoms with Crippen molar-refractivity contribution in [2.24, 2.45) is 0 Å². The molecule has 0 aliphatic heterocycles. The van der Waals surface area contributed by atoms with Crippen LogP contribution in [0.3, 0.4) is 0 Å². The number of rotatable bonds is 7. The summed E-state index contributed by atoms with van der Waals surface area (Å²) in [4.78, 5) is 25.7. The molecule has 0 aliphatic carbocycles. The minimum atomic E-state index is -0.912. The molecule has 0 saturated carbocycles. The number of ketones is 1. The molecular weight excluding hydrogens is 352 g/mol. The van der Waals surface area contributed by atoms with Crippen molar-refractivity contribution < 1.29 is 14.3 Å². The average Bonchev–Trinajstić information content (AvgIpc) is 2.74. The highest BCUT2D eigenvalue weighted by molar-refractivity contribution is 6.05. The van der Waals surface area contributed by atoms with Crippen molar-refractivity contribution in [3.8, 4) is 5.75 Å². The van der Waals surface area contributed by atoms with Gasteiger partial charge in [0.25, 0.3) is 5.91 Å². The summed E-state index contributed by atoms with van der Waals surface area (Å²) in [5, 5.41) is 5.90. The van der Waals surface area contributed by atoms with E-state index in [0.29, 0.717) is 22.6 Å². The Hall–Kier alpha value is -3.60. The summed E-state index contributed by atoms with van der Waals surface area (Å²) in [5.74, 6) is 0.160. The molecule has 3 aromatic carbocycles. The first kappa shape index (κ1) is 19.2. The van der Waals surface area contributed by atoms with Crippen LogP contribution in [0.4, 0.5) is 5.69 Å². The molecule has 0 fully saturated rings. The van der Waals surface area contributed by atoms with E-state index in [-0.39, 0.29) is 11.7 Å². The molecule has 142 valence electrons. The van der Waals surface area contributed by atoms with Crippen LogP contribution >= 0.6 is 0 Å². The van der Waals surface area contributed by atoms with Gasteiger partial charge in [0.15, 0.2) is 6.17 Å². The average molecular weight is 374 g/mol. The molecule has 2 N–H and O–H groups in total. The van der Waals surface area contributed by atoms with Crippen molar-refractivity contribution in [1.82, 2.24) is 5.32 Å². The van der Waals surface area contributed by atoms with Gasteiger partial charge in [-0.15, -0.1) is 0 Å². The van der Waals surface area contributed by atoms with Crippen LogP contribution in [0.1, 0.15) is 26.3 Å². The molecule has 1 atom stereocenters. The molecule has 0 spiro atoms. The Balaban J connectivity index is 1.83. The molecule has 0 unspecified atom stereocenters. The van der Waals surface area contributed by atoms with Crippen molar-refractivity contribution in [2.45, 2.75) is 13.1 Å². The van der Waals surface area contributed by atoms with Gasteiger partial charge in [-0.1, -0.05) is 48.0 Å². The third kappa shape index (κ3) is 4.76. The van der Waals surface area contributed by atoms with Gasteiger partial charge in [0.1, 0.15) is 5.75 Å². The Morgan fingerprint density at radius 1 is 0.821 bits per heavy atom. The van der Waals surface area contributed by atoms with Gasteiger partial charge < -0.3 is 15.4 Å². The van der Waals surface area contributed by atoms with E-state index in [1.165, 1.54) is 0 Å². The van der Waals surface area contributed by atoms with Crippen LogP contribution in [-0.2, 0) is 0 Å². The van der Waals surface area contributed by atoms with E-state index < -0.39 is 6.17 Å². The predicted octanol–water partition coefficient (Wildman–Crippen LogP) is 4.05. The minimum Gasteiger partial charge on any atom is -0.497 e. The number of carbonyl (C=O) groups is 2. The second kappa shape index (κ2) is 8.86. The maximum Gasteiger partial charge on any atom is 0.253 e. The standard InChI is InChI=1S/C23H22N2O3/c1-16-8-10-18(11-9-16)23(27)25-22(21(26)17-6-4-3-5-7-17)24-19-12-14-20(28-2)15-13-19/h3-15,22,24H,1-2H3,(H,25,27)/t22-/m0/s1. The van der Waals surface area contributed by atoms with E-state index >= 15 is 0 Å². The van der Waals surface area contributed by atoms with Gasteiger partial charge in [0, 0.05) is 16.8 Å². The SMILES string of the molecule is COc1ccc(N[C@@H](NC(=O)c2ccc(C)cc2)C(=O)c2ccccc2)cc1. The van der Waals surface area contributed by atoms with Gasteiger partial charge in [-0.2, -0.15) is 0 Å². The van der Waals surface area contributed by atoms with Gasteiger partial charge >= 0.3 is 0 Å². The first-order chi connectivity index (χ1) is 13.6. The molecule has 28 heavy (non-hydrogen) atoms. The molecule has 5 heteroatoms. The summed E-state index contributed by atoms with van der Waals surface area (Å²) in [5.41, 5.74) is 2.76. The quantitative estimate of drug-likeness (QED) is 0.484. The molecule has 3 aromatic rings. The monoisotopic (exact) mass is 374 g/mol. The van der Waals surface area contributed by atoms with Crippen LogP contribution in [0.2, 0.25) is 0 Å². The number of anilines is 1. The lowest BCUT2D eigenvalue weighted by Gasteiger charge is -2.21. The fraction of sp³-hybridized carbons (Fsp3) is 0.130. The summed E-state index contributed by atoms with van der Waals surface area (Å²) in [6.07, 6.45) is -0.912. The molecule has 1 amide bonds. The van der Waals surface area contributed by atoms with Gasteiger partial charge in [0.2, 0.25) is 5.78 Å². The van der Waals surface area contributed by atoms with E-state index in [9.17, 15) is 9.59 Å². The Labute approximate surface area is 164 Å². The first-order valence-corrected chi connectivity index (χ1v) is 8.94. The zero-order valence-electron chi connectivity index (χ0n) is 15.8. The third-order valence-electron chi connectivity index (χ3n) is 4.31. The van der Waals surface area contributed by atoms with Crippen LogP contribution in [0.5, 0.6) is 5.75 Å². The van der Waals surface area contributed by atoms with Crippen LogP contribution in [-0.4, -0.2) is 25.0 Å². The first-order valence-electron chi connectivity index (χ1n) is 8.94. The van der Waals surface area contributed by atoms with Crippen molar-refractivity contribution in [1.29, 1.82) is 0 Å². The topological polar surface area (TPSA) is 67.4 Å². The Kier molecular flexibility index (Phi) is 6.07. The number of Topliss-reactive ketones (excluding diaryl/α,β-unsaturated/α-hetero) is 1. The molecule has 0 aliphatic rings. The lowest BCUT2D eigenvalue weighted by atomic mass is 10.1. The predicted molar refractivity (Wildman–Crippen MR) is 110 cm³/mol. The van der Waals surface area contributed by atoms with E-state index in [0.717, 1.165) is 5.56 Å². The molecule has 0 saturated heterocycles. The zero-order valence-corrected chi connectivity index (χ0v) is 15.8. The van der Waals surface area contributed by atoms with Crippen molar-refractivity contribution in [3.63, 3.8) is 0 Å². The van der Waals surface area contributed by atoms with Crippen molar-refractivity contribution in [2.75, 3.05) is 12.4 Å². The minimum absolute atomic E-state index is 0.225. The Morgan fingerprint density at radius 3 is 2.07 bits per heavy atom. The van der Waals surface area contributed by atoms with Crippen molar-refractivity contribution >= 4 is 17.4 Å². The van der Waals surface area contributed by atoms with Gasteiger partial charge in [-0.3, -0.25) is 9.59 Å². The number of benzene rings is 3. The lowest BCUT2D eigenvalue weighted by molar-refractivity contribution is 0.0869. The van der Waals surface area contributed by atoms with E-state index in [4.69, 9.17) is 4.74 Å². The highest BCUT2D eigenvalue weighted by Gasteiger charge is 2.22. The number of methoxy groups -OCH3 is 1. The lowest BCUT2D eigenvalue weighted by Crippen LogP contribution is -2.46.